The summed E-state index contributed by atoms with van der Waals surface area (Å²) in [6, 6.07) is 12.9. The Labute approximate surface area is 141 Å². The van der Waals surface area contributed by atoms with Crippen molar-refractivity contribution in [2.45, 2.75) is 26.9 Å². The molecule has 2 aromatic carbocycles. The van der Waals surface area contributed by atoms with E-state index in [0.29, 0.717) is 11.3 Å². The summed E-state index contributed by atoms with van der Waals surface area (Å²) in [5.74, 6) is -0.235. The van der Waals surface area contributed by atoms with E-state index in [-0.39, 0.29) is 17.7 Å². The largest absolute Gasteiger partial charge is 0.326 e. The molecule has 0 unspecified atom stereocenters. The number of hydrogen-bond donors (Lipinski definition) is 3. The molecule has 0 bridgehead atoms. The molecule has 0 saturated heterocycles. The number of fused-ring (bicyclic) bond motifs is 1. The Kier molecular flexibility index (Phi) is 4.62. The van der Waals surface area contributed by atoms with Gasteiger partial charge in [-0.2, -0.15) is 0 Å². The van der Waals surface area contributed by atoms with E-state index in [9.17, 15) is 9.59 Å². The van der Waals surface area contributed by atoms with Crippen molar-refractivity contribution < 1.29 is 9.59 Å². The van der Waals surface area contributed by atoms with Crippen molar-refractivity contribution in [3.05, 3.63) is 59.2 Å². The molecular weight excluding hydrogens is 302 g/mol. The number of anilines is 2. The van der Waals surface area contributed by atoms with Crippen molar-refractivity contribution in [2.24, 2.45) is 5.92 Å². The zero-order valence-electron chi connectivity index (χ0n) is 13.8. The number of benzene rings is 2. The Bertz CT molecular complexity index is 767. The van der Waals surface area contributed by atoms with E-state index in [1.165, 1.54) is 11.1 Å². The highest BCUT2D eigenvalue weighted by molar-refractivity contribution is 6.04. The quantitative estimate of drug-likeness (QED) is 0.809. The van der Waals surface area contributed by atoms with E-state index < -0.39 is 0 Å². The van der Waals surface area contributed by atoms with Crippen molar-refractivity contribution >= 4 is 23.2 Å². The topological polar surface area (TPSA) is 70.2 Å². The molecule has 0 aliphatic carbocycles. The maximum Gasteiger partial charge on any atom is 0.255 e. The first-order chi connectivity index (χ1) is 11.5. The third-order valence-electron chi connectivity index (χ3n) is 4.03. The fraction of sp³-hybridized carbons (Fsp3) is 0.263. The summed E-state index contributed by atoms with van der Waals surface area (Å²) in [6.45, 7) is 5.35. The standard InChI is InChI=1S/C19H21N3O2/c1-12(2)18(23)21-16-5-7-17(8-6-16)22-19(24)13-3-4-14-10-20-11-15(14)9-13/h3-9,12,20H,10-11H2,1-2H3,(H,21,23)(H,22,24). The first-order valence-electron chi connectivity index (χ1n) is 8.08. The fourth-order valence-corrected chi connectivity index (χ4v) is 2.56. The van der Waals surface area contributed by atoms with Crippen LogP contribution in [0.4, 0.5) is 11.4 Å². The van der Waals surface area contributed by atoms with Gasteiger partial charge in [-0.15, -0.1) is 0 Å². The zero-order chi connectivity index (χ0) is 17.1. The lowest BCUT2D eigenvalue weighted by Crippen LogP contribution is -2.17. The van der Waals surface area contributed by atoms with Crippen molar-refractivity contribution in [2.75, 3.05) is 10.6 Å². The van der Waals surface area contributed by atoms with Gasteiger partial charge < -0.3 is 16.0 Å². The van der Waals surface area contributed by atoms with Gasteiger partial charge in [0.25, 0.3) is 5.91 Å². The highest BCUT2D eigenvalue weighted by Gasteiger charge is 2.13. The van der Waals surface area contributed by atoms with Crippen LogP contribution in [-0.2, 0) is 17.9 Å². The van der Waals surface area contributed by atoms with Gasteiger partial charge in [0, 0.05) is 35.9 Å². The van der Waals surface area contributed by atoms with Crippen molar-refractivity contribution in [1.82, 2.24) is 5.32 Å². The lowest BCUT2D eigenvalue weighted by Gasteiger charge is -2.10. The summed E-state index contributed by atoms with van der Waals surface area (Å²) >= 11 is 0. The minimum atomic E-state index is -0.135. The molecule has 5 heteroatoms. The Balaban J connectivity index is 1.65. The van der Waals surface area contributed by atoms with Gasteiger partial charge in [-0.25, -0.2) is 0 Å². The van der Waals surface area contributed by atoms with E-state index in [4.69, 9.17) is 0 Å². The smallest absolute Gasteiger partial charge is 0.255 e. The minimum Gasteiger partial charge on any atom is -0.326 e. The van der Waals surface area contributed by atoms with Crippen molar-refractivity contribution in [1.29, 1.82) is 0 Å². The average molecular weight is 323 g/mol. The SMILES string of the molecule is CC(C)C(=O)Nc1ccc(NC(=O)c2ccc3c(c2)CNC3)cc1. The van der Waals surface area contributed by atoms with Crippen LogP contribution in [0.15, 0.2) is 42.5 Å². The second-order valence-corrected chi connectivity index (χ2v) is 6.26. The monoisotopic (exact) mass is 323 g/mol. The number of rotatable bonds is 4. The van der Waals surface area contributed by atoms with Crippen LogP contribution in [0.25, 0.3) is 0 Å². The molecule has 0 radical (unpaired) electrons. The summed E-state index contributed by atoms with van der Waals surface area (Å²) in [4.78, 5) is 24.0. The average Bonchev–Trinajstić information content (AvgIpc) is 3.04. The van der Waals surface area contributed by atoms with E-state index in [1.54, 1.807) is 24.3 Å². The molecule has 0 spiro atoms. The van der Waals surface area contributed by atoms with Crippen LogP contribution in [0.5, 0.6) is 0 Å². The zero-order valence-corrected chi connectivity index (χ0v) is 13.8. The maximum atomic E-state index is 12.4. The van der Waals surface area contributed by atoms with Gasteiger partial charge in [0.15, 0.2) is 0 Å². The maximum absolute atomic E-state index is 12.4. The van der Waals surface area contributed by atoms with Gasteiger partial charge in [-0.05, 0) is 47.5 Å². The number of carbonyl (C=O) groups is 2. The summed E-state index contributed by atoms with van der Waals surface area (Å²) in [6.07, 6.45) is 0. The van der Waals surface area contributed by atoms with Crippen LogP contribution in [0.3, 0.4) is 0 Å². The molecule has 0 atom stereocenters. The third kappa shape index (κ3) is 3.63. The molecule has 0 aromatic heterocycles. The lowest BCUT2D eigenvalue weighted by atomic mass is 10.1. The van der Waals surface area contributed by atoms with Gasteiger partial charge in [0.2, 0.25) is 5.91 Å². The first kappa shape index (κ1) is 16.2. The highest BCUT2D eigenvalue weighted by Crippen LogP contribution is 2.19. The highest BCUT2D eigenvalue weighted by atomic mass is 16.2. The van der Waals surface area contributed by atoms with Crippen LogP contribution in [-0.4, -0.2) is 11.8 Å². The number of hydrogen-bond acceptors (Lipinski definition) is 3. The second kappa shape index (κ2) is 6.84. The van der Waals surface area contributed by atoms with Crippen LogP contribution in [0.2, 0.25) is 0 Å². The third-order valence-corrected chi connectivity index (χ3v) is 4.03. The van der Waals surface area contributed by atoms with Crippen LogP contribution < -0.4 is 16.0 Å². The summed E-state index contributed by atoms with van der Waals surface area (Å²) in [5, 5.41) is 8.97. The Morgan fingerprint density at radius 3 is 2.21 bits per heavy atom. The fourth-order valence-electron chi connectivity index (χ4n) is 2.56. The molecule has 1 aliphatic heterocycles. The molecule has 2 aromatic rings. The minimum absolute atomic E-state index is 0.0291. The molecule has 1 heterocycles. The Morgan fingerprint density at radius 2 is 1.54 bits per heavy atom. The predicted octanol–water partition coefficient (Wildman–Crippen LogP) is 3.14. The van der Waals surface area contributed by atoms with Gasteiger partial charge in [-0.3, -0.25) is 9.59 Å². The molecule has 0 fully saturated rings. The molecule has 2 amide bonds. The molecule has 3 rings (SSSR count). The van der Waals surface area contributed by atoms with Gasteiger partial charge in [0.1, 0.15) is 0 Å². The first-order valence-corrected chi connectivity index (χ1v) is 8.08. The molecule has 5 nitrogen and oxygen atoms in total. The van der Waals surface area contributed by atoms with E-state index in [2.05, 4.69) is 16.0 Å². The van der Waals surface area contributed by atoms with Gasteiger partial charge in [-0.1, -0.05) is 19.9 Å². The molecule has 1 aliphatic rings. The van der Waals surface area contributed by atoms with Crippen LogP contribution in [0.1, 0.15) is 35.3 Å². The van der Waals surface area contributed by atoms with Crippen LogP contribution in [0, 0.1) is 5.92 Å². The molecule has 0 saturated carbocycles. The summed E-state index contributed by atoms with van der Waals surface area (Å²) in [5.41, 5.74) is 4.48. The lowest BCUT2D eigenvalue weighted by molar-refractivity contribution is -0.118. The number of carbonyl (C=O) groups excluding carboxylic acids is 2. The predicted molar refractivity (Wildman–Crippen MR) is 94.8 cm³/mol. The summed E-state index contributed by atoms with van der Waals surface area (Å²) in [7, 11) is 0. The Morgan fingerprint density at radius 1 is 0.917 bits per heavy atom. The van der Waals surface area contributed by atoms with Crippen molar-refractivity contribution in [3.63, 3.8) is 0 Å². The molecule has 124 valence electrons. The van der Waals surface area contributed by atoms with E-state index in [0.717, 1.165) is 18.8 Å². The summed E-state index contributed by atoms with van der Waals surface area (Å²) < 4.78 is 0. The van der Waals surface area contributed by atoms with E-state index in [1.807, 2.05) is 32.0 Å². The second-order valence-electron chi connectivity index (χ2n) is 6.26. The molecular formula is C19H21N3O2. The molecule has 3 N–H and O–H groups in total. The number of nitrogens with one attached hydrogen (secondary N) is 3. The Hall–Kier alpha value is -2.66. The van der Waals surface area contributed by atoms with Crippen LogP contribution >= 0.6 is 0 Å². The van der Waals surface area contributed by atoms with Gasteiger partial charge in [0.05, 0.1) is 0 Å². The van der Waals surface area contributed by atoms with Crippen molar-refractivity contribution in [3.8, 4) is 0 Å². The number of amides is 2. The van der Waals surface area contributed by atoms with Gasteiger partial charge >= 0.3 is 0 Å². The molecule has 24 heavy (non-hydrogen) atoms. The van der Waals surface area contributed by atoms with E-state index >= 15 is 0 Å². The normalized spacial score (nSPS) is 12.8.